The van der Waals surface area contributed by atoms with E-state index in [1.165, 1.54) is 6.20 Å². The Bertz CT molecular complexity index is 278. The summed E-state index contributed by atoms with van der Waals surface area (Å²) < 4.78 is 9.98. The van der Waals surface area contributed by atoms with Crippen LogP contribution in [0.25, 0.3) is 0 Å². The van der Waals surface area contributed by atoms with Crippen molar-refractivity contribution < 1.29 is 14.3 Å². The summed E-state index contributed by atoms with van der Waals surface area (Å²) in [7, 11) is 0. The molecule has 0 aromatic carbocycles. The fourth-order valence-corrected chi connectivity index (χ4v) is 0.732. The smallest absolute Gasteiger partial charge is 0.320 e. The van der Waals surface area contributed by atoms with Gasteiger partial charge in [-0.05, 0) is 6.92 Å². The summed E-state index contributed by atoms with van der Waals surface area (Å²) in [6.07, 6.45) is 2.15. The molecule has 5 nitrogen and oxygen atoms in total. The van der Waals surface area contributed by atoms with Gasteiger partial charge in [-0.1, -0.05) is 0 Å². The van der Waals surface area contributed by atoms with Crippen molar-refractivity contribution in [3.8, 4) is 11.9 Å². The predicted octanol–water partition coefficient (Wildman–Crippen LogP) is 0.453. The van der Waals surface area contributed by atoms with Crippen LogP contribution in [-0.4, -0.2) is 29.5 Å². The summed E-state index contributed by atoms with van der Waals surface area (Å²) in [6, 6.07) is 1.77. The first-order chi connectivity index (χ1) is 6.36. The number of ether oxygens (including phenoxy) is 2. The number of rotatable bonds is 5. The highest BCUT2D eigenvalue weighted by Crippen LogP contribution is 2.09. The monoisotopic (exact) mass is 182 g/mol. The maximum atomic E-state index is 9.98. The second kappa shape index (κ2) is 5.08. The van der Waals surface area contributed by atoms with Gasteiger partial charge >= 0.3 is 6.01 Å². The Hall–Kier alpha value is -1.65. The lowest BCUT2D eigenvalue weighted by Crippen LogP contribution is -2.03. The number of hydrogen-bond acceptors (Lipinski definition) is 5. The van der Waals surface area contributed by atoms with Gasteiger partial charge in [0.05, 0.1) is 6.61 Å². The van der Waals surface area contributed by atoms with E-state index in [1.54, 1.807) is 6.07 Å². The zero-order valence-electron chi connectivity index (χ0n) is 7.27. The van der Waals surface area contributed by atoms with Gasteiger partial charge in [0.25, 0.3) is 0 Å². The van der Waals surface area contributed by atoms with Crippen molar-refractivity contribution in [2.45, 2.75) is 6.92 Å². The molecule has 0 amide bonds. The van der Waals surface area contributed by atoms with Gasteiger partial charge in [-0.3, -0.25) is 4.79 Å². The number of aromatic nitrogens is 2. The summed E-state index contributed by atoms with van der Waals surface area (Å²) >= 11 is 0. The Labute approximate surface area is 75.7 Å². The zero-order valence-corrected chi connectivity index (χ0v) is 7.27. The van der Waals surface area contributed by atoms with E-state index in [4.69, 9.17) is 9.47 Å². The summed E-state index contributed by atoms with van der Waals surface area (Å²) in [5.41, 5.74) is 0. The van der Waals surface area contributed by atoms with Crippen LogP contribution in [-0.2, 0) is 4.79 Å². The van der Waals surface area contributed by atoms with E-state index in [1.807, 2.05) is 6.92 Å². The summed E-state index contributed by atoms with van der Waals surface area (Å²) in [5.74, 6) is 0.443. The number of hydrogen-bond donors (Lipinski definition) is 0. The van der Waals surface area contributed by atoms with Crippen LogP contribution in [0.2, 0.25) is 0 Å². The molecule has 0 N–H and O–H groups in total. The van der Waals surface area contributed by atoms with Gasteiger partial charge in [0.15, 0.2) is 6.29 Å². The highest BCUT2D eigenvalue weighted by atomic mass is 16.5. The molecule has 0 aliphatic carbocycles. The lowest BCUT2D eigenvalue weighted by Gasteiger charge is -2.02. The van der Waals surface area contributed by atoms with Gasteiger partial charge in [0, 0.05) is 12.3 Å². The van der Waals surface area contributed by atoms with Crippen LogP contribution in [0, 0.1) is 0 Å². The van der Waals surface area contributed by atoms with Gasteiger partial charge in [0.2, 0.25) is 5.88 Å². The standard InChI is InChI=1S/C8H10N2O3/c1-2-12-7-3-4-9-8(10-7)13-6-5-11/h3-5H,2,6H2,1H3. The first kappa shape index (κ1) is 9.44. The van der Waals surface area contributed by atoms with Gasteiger partial charge < -0.3 is 9.47 Å². The van der Waals surface area contributed by atoms with Crippen molar-refractivity contribution in [2.75, 3.05) is 13.2 Å². The van der Waals surface area contributed by atoms with E-state index in [9.17, 15) is 4.79 Å². The number of carbonyl (C=O) groups excluding carboxylic acids is 1. The fourth-order valence-electron chi connectivity index (χ4n) is 0.732. The topological polar surface area (TPSA) is 61.3 Å². The third-order valence-corrected chi connectivity index (χ3v) is 1.18. The molecule has 1 heterocycles. The molecule has 0 unspecified atom stereocenters. The third kappa shape index (κ3) is 3.06. The van der Waals surface area contributed by atoms with E-state index in [-0.39, 0.29) is 12.6 Å². The minimum Gasteiger partial charge on any atom is -0.478 e. The minimum atomic E-state index is -0.0461. The highest BCUT2D eigenvalue weighted by molar-refractivity contribution is 5.51. The van der Waals surface area contributed by atoms with Crippen molar-refractivity contribution in [3.63, 3.8) is 0 Å². The Morgan fingerprint density at radius 2 is 2.38 bits per heavy atom. The Morgan fingerprint density at radius 1 is 1.54 bits per heavy atom. The molecular formula is C8H10N2O3. The van der Waals surface area contributed by atoms with Crippen LogP contribution >= 0.6 is 0 Å². The van der Waals surface area contributed by atoms with Crippen molar-refractivity contribution in [1.82, 2.24) is 9.97 Å². The van der Waals surface area contributed by atoms with Gasteiger partial charge in [0.1, 0.15) is 6.61 Å². The van der Waals surface area contributed by atoms with Crippen molar-refractivity contribution in [3.05, 3.63) is 12.3 Å². The SMILES string of the molecule is CCOc1ccnc(OCC=O)n1. The molecule has 0 saturated carbocycles. The molecule has 0 bridgehead atoms. The van der Waals surface area contributed by atoms with Crippen molar-refractivity contribution in [2.24, 2.45) is 0 Å². The van der Waals surface area contributed by atoms with Crippen LogP contribution in [0.1, 0.15) is 6.92 Å². The summed E-state index contributed by atoms with van der Waals surface area (Å²) in [5, 5.41) is 0. The molecule has 0 atom stereocenters. The normalized spacial score (nSPS) is 9.31. The molecule has 0 saturated heterocycles. The maximum absolute atomic E-state index is 9.98. The summed E-state index contributed by atoms with van der Waals surface area (Å²) in [6.45, 7) is 2.34. The third-order valence-electron chi connectivity index (χ3n) is 1.18. The van der Waals surface area contributed by atoms with Gasteiger partial charge in [-0.25, -0.2) is 4.98 Å². The molecule has 0 aliphatic rings. The molecule has 70 valence electrons. The fraction of sp³-hybridized carbons (Fsp3) is 0.375. The molecule has 13 heavy (non-hydrogen) atoms. The van der Waals surface area contributed by atoms with E-state index >= 15 is 0 Å². The second-order valence-corrected chi connectivity index (χ2v) is 2.09. The largest absolute Gasteiger partial charge is 0.478 e. The van der Waals surface area contributed by atoms with Crippen LogP contribution in [0.5, 0.6) is 11.9 Å². The minimum absolute atomic E-state index is 0.0461. The molecule has 1 rings (SSSR count). The van der Waals surface area contributed by atoms with Gasteiger partial charge in [-0.2, -0.15) is 4.98 Å². The van der Waals surface area contributed by atoms with Crippen LogP contribution in [0.15, 0.2) is 12.3 Å². The molecular weight excluding hydrogens is 172 g/mol. The van der Waals surface area contributed by atoms with Crippen LogP contribution < -0.4 is 9.47 Å². The Balaban J connectivity index is 2.61. The van der Waals surface area contributed by atoms with Crippen molar-refractivity contribution in [1.29, 1.82) is 0 Å². The van der Waals surface area contributed by atoms with Crippen LogP contribution in [0.3, 0.4) is 0 Å². The lowest BCUT2D eigenvalue weighted by atomic mass is 10.6. The average Bonchev–Trinajstić information content (AvgIpc) is 2.16. The lowest BCUT2D eigenvalue weighted by molar-refractivity contribution is -0.109. The Kier molecular flexibility index (Phi) is 3.69. The molecule has 0 fully saturated rings. The second-order valence-electron chi connectivity index (χ2n) is 2.09. The molecule has 0 radical (unpaired) electrons. The molecule has 1 aromatic rings. The van der Waals surface area contributed by atoms with E-state index in [2.05, 4.69) is 9.97 Å². The highest BCUT2D eigenvalue weighted by Gasteiger charge is 1.99. The van der Waals surface area contributed by atoms with Gasteiger partial charge in [-0.15, -0.1) is 0 Å². The first-order valence-electron chi connectivity index (χ1n) is 3.89. The zero-order chi connectivity index (χ0) is 9.52. The van der Waals surface area contributed by atoms with E-state index < -0.39 is 0 Å². The molecule has 0 spiro atoms. The summed E-state index contributed by atoms with van der Waals surface area (Å²) in [4.78, 5) is 17.6. The van der Waals surface area contributed by atoms with E-state index in [0.29, 0.717) is 18.8 Å². The number of carbonyl (C=O) groups is 1. The number of aldehydes is 1. The average molecular weight is 182 g/mol. The first-order valence-corrected chi connectivity index (χ1v) is 3.89. The van der Waals surface area contributed by atoms with E-state index in [0.717, 1.165) is 0 Å². The molecule has 1 aromatic heterocycles. The Morgan fingerprint density at radius 3 is 3.08 bits per heavy atom. The van der Waals surface area contributed by atoms with Crippen LogP contribution in [0.4, 0.5) is 0 Å². The molecule has 5 heteroatoms. The molecule has 0 aliphatic heterocycles. The number of nitrogens with zero attached hydrogens (tertiary/aromatic N) is 2. The van der Waals surface area contributed by atoms with Crippen molar-refractivity contribution >= 4 is 6.29 Å². The predicted molar refractivity (Wildman–Crippen MR) is 44.8 cm³/mol. The maximum Gasteiger partial charge on any atom is 0.320 e. The quantitative estimate of drug-likeness (QED) is 0.619.